The fourth-order valence-corrected chi connectivity index (χ4v) is 3.33. The summed E-state index contributed by atoms with van der Waals surface area (Å²) in [6.45, 7) is 0. The molecule has 28 heavy (non-hydrogen) atoms. The third-order valence-electron chi connectivity index (χ3n) is 3.88. The van der Waals surface area contributed by atoms with Crippen molar-refractivity contribution in [2.24, 2.45) is 0 Å². The number of carbonyl (C=O) groups excluding carboxylic acids is 1. The van der Waals surface area contributed by atoms with Gasteiger partial charge in [-0.1, -0.05) is 35.1 Å². The van der Waals surface area contributed by atoms with E-state index in [1.807, 2.05) is 24.3 Å². The number of nitrogens with zero attached hydrogens (tertiary/aromatic N) is 3. The van der Waals surface area contributed by atoms with Crippen molar-refractivity contribution < 1.29 is 14.5 Å². The number of hydrogen-bond donors (Lipinski definition) is 1. The SMILES string of the molecule is COc1ccc(CCc2nnc(NC(=O)c3ccc(Cl)c([N+](=O)[O-])c3)s2)cc1. The van der Waals surface area contributed by atoms with E-state index in [1.54, 1.807) is 7.11 Å². The number of nitro groups is 1. The molecule has 0 spiro atoms. The summed E-state index contributed by atoms with van der Waals surface area (Å²) in [6, 6.07) is 11.6. The van der Waals surface area contributed by atoms with Gasteiger partial charge in [0.25, 0.3) is 11.6 Å². The summed E-state index contributed by atoms with van der Waals surface area (Å²) in [5.41, 5.74) is 0.924. The summed E-state index contributed by atoms with van der Waals surface area (Å²) in [7, 11) is 1.62. The van der Waals surface area contributed by atoms with E-state index < -0.39 is 10.8 Å². The first-order valence-electron chi connectivity index (χ1n) is 8.17. The van der Waals surface area contributed by atoms with Crippen LogP contribution in [-0.2, 0) is 12.8 Å². The Balaban J connectivity index is 1.61. The second kappa shape index (κ2) is 8.77. The van der Waals surface area contributed by atoms with Crippen molar-refractivity contribution in [1.29, 1.82) is 0 Å². The van der Waals surface area contributed by atoms with Crippen LogP contribution >= 0.6 is 22.9 Å². The number of anilines is 1. The van der Waals surface area contributed by atoms with Gasteiger partial charge in [-0.3, -0.25) is 20.2 Å². The maximum atomic E-state index is 12.3. The molecule has 0 saturated carbocycles. The first-order chi connectivity index (χ1) is 13.5. The van der Waals surface area contributed by atoms with Gasteiger partial charge in [-0.2, -0.15) is 0 Å². The third kappa shape index (κ3) is 4.81. The van der Waals surface area contributed by atoms with Crippen LogP contribution in [0.4, 0.5) is 10.8 Å². The largest absolute Gasteiger partial charge is 0.497 e. The molecule has 0 fully saturated rings. The third-order valence-corrected chi connectivity index (χ3v) is 5.10. The number of aromatic nitrogens is 2. The van der Waals surface area contributed by atoms with E-state index in [0.717, 1.165) is 28.8 Å². The van der Waals surface area contributed by atoms with Gasteiger partial charge in [0.15, 0.2) is 0 Å². The van der Waals surface area contributed by atoms with Gasteiger partial charge in [0.1, 0.15) is 15.8 Å². The van der Waals surface area contributed by atoms with E-state index in [1.165, 1.54) is 23.5 Å². The lowest BCUT2D eigenvalue weighted by Crippen LogP contribution is -2.12. The van der Waals surface area contributed by atoms with Gasteiger partial charge in [-0.05, 0) is 36.2 Å². The number of rotatable bonds is 7. The van der Waals surface area contributed by atoms with E-state index in [2.05, 4.69) is 15.5 Å². The fourth-order valence-electron chi connectivity index (χ4n) is 2.41. The minimum Gasteiger partial charge on any atom is -0.497 e. The Morgan fingerprint density at radius 2 is 1.96 bits per heavy atom. The van der Waals surface area contributed by atoms with Crippen LogP contribution in [0.3, 0.4) is 0 Å². The molecule has 0 aliphatic carbocycles. The Morgan fingerprint density at radius 3 is 2.64 bits per heavy atom. The summed E-state index contributed by atoms with van der Waals surface area (Å²) in [5, 5.41) is 22.6. The number of carbonyl (C=O) groups is 1. The number of ether oxygens (including phenoxy) is 1. The minimum atomic E-state index is -0.638. The monoisotopic (exact) mass is 418 g/mol. The molecular weight excluding hydrogens is 404 g/mol. The molecule has 3 rings (SSSR count). The van der Waals surface area contributed by atoms with Gasteiger partial charge >= 0.3 is 0 Å². The Morgan fingerprint density at radius 1 is 1.21 bits per heavy atom. The van der Waals surface area contributed by atoms with Gasteiger partial charge in [-0.15, -0.1) is 10.2 Å². The van der Waals surface area contributed by atoms with Crippen molar-refractivity contribution in [2.75, 3.05) is 12.4 Å². The first kappa shape index (κ1) is 19.7. The lowest BCUT2D eigenvalue weighted by atomic mass is 10.1. The molecule has 10 heteroatoms. The first-order valence-corrected chi connectivity index (χ1v) is 9.36. The second-order valence-electron chi connectivity index (χ2n) is 5.73. The molecule has 1 aromatic heterocycles. The molecule has 3 aromatic rings. The van der Waals surface area contributed by atoms with E-state index in [-0.39, 0.29) is 16.3 Å². The summed E-state index contributed by atoms with van der Waals surface area (Å²) in [5.74, 6) is 0.282. The number of amides is 1. The molecule has 144 valence electrons. The zero-order valence-corrected chi connectivity index (χ0v) is 16.3. The maximum Gasteiger partial charge on any atom is 0.288 e. The number of aryl methyl sites for hydroxylation is 2. The van der Waals surface area contributed by atoms with Crippen molar-refractivity contribution in [3.63, 3.8) is 0 Å². The molecule has 0 atom stereocenters. The molecule has 8 nitrogen and oxygen atoms in total. The average molecular weight is 419 g/mol. The Kier molecular flexibility index (Phi) is 6.17. The molecule has 0 radical (unpaired) electrons. The van der Waals surface area contributed by atoms with Crippen LogP contribution in [0.5, 0.6) is 5.75 Å². The van der Waals surface area contributed by atoms with Gasteiger partial charge in [-0.25, -0.2) is 0 Å². The van der Waals surface area contributed by atoms with Crippen LogP contribution < -0.4 is 10.1 Å². The average Bonchev–Trinajstić information content (AvgIpc) is 3.14. The van der Waals surface area contributed by atoms with E-state index >= 15 is 0 Å². The maximum absolute atomic E-state index is 12.3. The molecule has 2 aromatic carbocycles. The van der Waals surface area contributed by atoms with Crippen LogP contribution in [0.25, 0.3) is 0 Å². The van der Waals surface area contributed by atoms with Crippen molar-refractivity contribution in [3.8, 4) is 5.75 Å². The molecule has 0 unspecified atom stereocenters. The zero-order chi connectivity index (χ0) is 20.1. The number of nitrogens with one attached hydrogen (secondary N) is 1. The molecule has 0 aliphatic rings. The van der Waals surface area contributed by atoms with Crippen LogP contribution in [0.1, 0.15) is 20.9 Å². The number of nitro benzene ring substituents is 1. The lowest BCUT2D eigenvalue weighted by Gasteiger charge is -2.02. The Bertz CT molecular complexity index is 1010. The highest BCUT2D eigenvalue weighted by atomic mass is 35.5. The minimum absolute atomic E-state index is 0.0294. The summed E-state index contributed by atoms with van der Waals surface area (Å²) >= 11 is 7.02. The Labute approximate surface area is 169 Å². The fraction of sp³-hybridized carbons (Fsp3) is 0.167. The quantitative estimate of drug-likeness (QED) is 0.456. The summed E-state index contributed by atoms with van der Waals surface area (Å²) in [6.07, 6.45) is 1.45. The second-order valence-corrected chi connectivity index (χ2v) is 7.20. The molecule has 1 amide bonds. The van der Waals surface area contributed by atoms with Gasteiger partial charge in [0, 0.05) is 18.1 Å². The molecular formula is C18H15ClN4O4S. The smallest absolute Gasteiger partial charge is 0.288 e. The summed E-state index contributed by atoms with van der Waals surface area (Å²) < 4.78 is 5.13. The number of hydrogen-bond acceptors (Lipinski definition) is 7. The van der Waals surface area contributed by atoms with E-state index in [9.17, 15) is 14.9 Å². The van der Waals surface area contributed by atoms with Crippen molar-refractivity contribution in [2.45, 2.75) is 12.8 Å². The van der Waals surface area contributed by atoms with Gasteiger partial charge in [0.05, 0.1) is 12.0 Å². The highest BCUT2D eigenvalue weighted by molar-refractivity contribution is 7.15. The zero-order valence-electron chi connectivity index (χ0n) is 14.7. The number of benzene rings is 2. The topological polar surface area (TPSA) is 107 Å². The highest BCUT2D eigenvalue weighted by Crippen LogP contribution is 2.26. The molecule has 0 bridgehead atoms. The van der Waals surface area contributed by atoms with Crippen molar-refractivity contribution >= 4 is 39.7 Å². The van der Waals surface area contributed by atoms with Crippen LogP contribution in [0.2, 0.25) is 5.02 Å². The molecule has 1 N–H and O–H groups in total. The van der Waals surface area contributed by atoms with Crippen molar-refractivity contribution in [3.05, 3.63) is 73.7 Å². The van der Waals surface area contributed by atoms with Crippen LogP contribution in [0.15, 0.2) is 42.5 Å². The van der Waals surface area contributed by atoms with Crippen LogP contribution in [0, 0.1) is 10.1 Å². The highest BCUT2D eigenvalue weighted by Gasteiger charge is 2.17. The van der Waals surface area contributed by atoms with Gasteiger partial charge < -0.3 is 4.74 Å². The number of halogens is 1. The van der Waals surface area contributed by atoms with Crippen molar-refractivity contribution in [1.82, 2.24) is 10.2 Å². The van der Waals surface area contributed by atoms with E-state index in [0.29, 0.717) is 11.6 Å². The molecule has 0 saturated heterocycles. The van der Waals surface area contributed by atoms with Crippen LogP contribution in [-0.4, -0.2) is 28.1 Å². The Hall–Kier alpha value is -3.04. The predicted octanol–water partition coefficient (Wildman–Crippen LogP) is 4.15. The lowest BCUT2D eigenvalue weighted by molar-refractivity contribution is -0.384. The number of methoxy groups -OCH3 is 1. The normalized spacial score (nSPS) is 10.5. The molecule has 0 aliphatic heterocycles. The van der Waals surface area contributed by atoms with E-state index in [4.69, 9.17) is 16.3 Å². The van der Waals surface area contributed by atoms with Gasteiger partial charge in [0.2, 0.25) is 5.13 Å². The summed E-state index contributed by atoms with van der Waals surface area (Å²) in [4.78, 5) is 22.6. The standard InChI is InChI=1S/C18H15ClN4O4S/c1-27-13-6-2-11(3-7-13)4-9-16-21-22-18(28-16)20-17(24)12-5-8-14(19)15(10-12)23(25)26/h2-3,5-8,10H,4,9H2,1H3,(H,20,22,24). The predicted molar refractivity (Wildman–Crippen MR) is 106 cm³/mol. The molecule has 1 heterocycles.